The van der Waals surface area contributed by atoms with Crippen LogP contribution in [-0.2, 0) is 9.53 Å². The molecular formula is C21H29N3O2S. The van der Waals surface area contributed by atoms with Crippen molar-refractivity contribution in [2.75, 3.05) is 44.3 Å². The Hall–Kier alpha value is -1.50. The molecule has 6 heteroatoms. The Kier molecular flexibility index (Phi) is 6.05. The van der Waals surface area contributed by atoms with Gasteiger partial charge in [0.1, 0.15) is 0 Å². The number of thiazole rings is 1. The zero-order valence-corrected chi connectivity index (χ0v) is 17.0. The Morgan fingerprint density at radius 1 is 1.26 bits per heavy atom. The molecule has 2 aliphatic rings. The van der Waals surface area contributed by atoms with Gasteiger partial charge in [-0.05, 0) is 37.5 Å². The molecule has 0 spiro atoms. The summed E-state index contributed by atoms with van der Waals surface area (Å²) >= 11 is 1.65. The number of rotatable bonds is 5. The van der Waals surface area contributed by atoms with E-state index in [-0.39, 0.29) is 11.8 Å². The number of carbonyl (C=O) groups is 1. The highest BCUT2D eigenvalue weighted by atomic mass is 32.1. The summed E-state index contributed by atoms with van der Waals surface area (Å²) in [5, 5.41) is 0.861. The summed E-state index contributed by atoms with van der Waals surface area (Å²) < 4.78 is 6.62. The van der Waals surface area contributed by atoms with Crippen LogP contribution in [0.4, 0.5) is 5.13 Å². The van der Waals surface area contributed by atoms with Crippen molar-refractivity contribution in [2.24, 2.45) is 5.92 Å². The average molecular weight is 388 g/mol. The molecule has 146 valence electrons. The number of ether oxygens (including phenoxy) is 1. The molecule has 0 unspecified atom stereocenters. The molecule has 0 radical (unpaired) electrons. The normalized spacial score (nSPS) is 19.4. The number of carbonyl (C=O) groups excluding carboxylic acids is 1. The van der Waals surface area contributed by atoms with E-state index in [1.807, 2.05) is 4.90 Å². The van der Waals surface area contributed by atoms with Crippen LogP contribution in [0.3, 0.4) is 0 Å². The summed E-state index contributed by atoms with van der Waals surface area (Å²) in [6.45, 7) is 7.18. The number of anilines is 1. The lowest BCUT2D eigenvalue weighted by Crippen LogP contribution is -2.45. The van der Waals surface area contributed by atoms with Gasteiger partial charge in [-0.3, -0.25) is 14.6 Å². The standard InChI is InChI=1S/C21H29N3O2S/c1-16-7-8-18-19(15-16)27-21(22-18)24(10-9-23-11-13-26-14-12-23)20(25)17-5-3-2-4-6-17/h7-8,15,17H,2-6,9-14H2,1H3. The lowest BCUT2D eigenvalue weighted by Gasteiger charge is -2.31. The Morgan fingerprint density at radius 3 is 2.81 bits per heavy atom. The van der Waals surface area contributed by atoms with Gasteiger partial charge in [-0.25, -0.2) is 4.98 Å². The van der Waals surface area contributed by atoms with Gasteiger partial charge in [0.25, 0.3) is 0 Å². The molecule has 4 rings (SSSR count). The highest BCUT2D eigenvalue weighted by molar-refractivity contribution is 7.22. The van der Waals surface area contributed by atoms with Gasteiger partial charge in [0.15, 0.2) is 5.13 Å². The SMILES string of the molecule is Cc1ccc2nc(N(CCN3CCOCC3)C(=O)C3CCCCC3)sc2c1. The highest BCUT2D eigenvalue weighted by Crippen LogP contribution is 2.32. The van der Waals surface area contributed by atoms with Crippen molar-refractivity contribution in [1.82, 2.24) is 9.88 Å². The Labute approximate surface area is 165 Å². The maximum absolute atomic E-state index is 13.4. The largest absolute Gasteiger partial charge is 0.379 e. The Morgan fingerprint density at radius 2 is 2.04 bits per heavy atom. The van der Waals surface area contributed by atoms with Crippen molar-refractivity contribution in [3.63, 3.8) is 0 Å². The minimum Gasteiger partial charge on any atom is -0.379 e. The van der Waals surface area contributed by atoms with Gasteiger partial charge in [0, 0.05) is 32.1 Å². The first-order valence-corrected chi connectivity index (χ1v) is 11.0. The van der Waals surface area contributed by atoms with Gasteiger partial charge in [-0.1, -0.05) is 36.7 Å². The predicted molar refractivity (Wildman–Crippen MR) is 111 cm³/mol. The van der Waals surface area contributed by atoms with Crippen LogP contribution in [0.25, 0.3) is 10.2 Å². The molecule has 1 saturated heterocycles. The highest BCUT2D eigenvalue weighted by Gasteiger charge is 2.29. The van der Waals surface area contributed by atoms with Crippen LogP contribution in [0.5, 0.6) is 0 Å². The van der Waals surface area contributed by atoms with Gasteiger partial charge in [-0.15, -0.1) is 0 Å². The minimum atomic E-state index is 0.164. The van der Waals surface area contributed by atoms with Gasteiger partial charge < -0.3 is 4.74 Å². The summed E-state index contributed by atoms with van der Waals surface area (Å²) in [6.07, 6.45) is 5.66. The molecule has 2 fully saturated rings. The van der Waals surface area contributed by atoms with Crippen LogP contribution >= 0.6 is 11.3 Å². The predicted octanol–water partition coefficient (Wildman–Crippen LogP) is 3.85. The Balaban J connectivity index is 1.56. The topological polar surface area (TPSA) is 45.7 Å². The third-order valence-electron chi connectivity index (χ3n) is 5.73. The van der Waals surface area contributed by atoms with Crippen LogP contribution in [0.1, 0.15) is 37.7 Å². The fraction of sp³-hybridized carbons (Fsp3) is 0.619. The molecule has 0 atom stereocenters. The van der Waals surface area contributed by atoms with Crippen molar-refractivity contribution in [1.29, 1.82) is 0 Å². The van der Waals surface area contributed by atoms with E-state index >= 15 is 0 Å². The molecule has 0 N–H and O–H groups in total. The van der Waals surface area contributed by atoms with Crippen LogP contribution in [-0.4, -0.2) is 55.2 Å². The number of hydrogen-bond donors (Lipinski definition) is 0. The van der Waals surface area contributed by atoms with E-state index in [0.29, 0.717) is 6.54 Å². The van der Waals surface area contributed by atoms with Gasteiger partial charge in [-0.2, -0.15) is 0 Å². The molecule has 1 aliphatic heterocycles. The smallest absolute Gasteiger partial charge is 0.231 e. The molecule has 27 heavy (non-hydrogen) atoms. The number of fused-ring (bicyclic) bond motifs is 1. The fourth-order valence-corrected chi connectivity index (χ4v) is 5.17. The van der Waals surface area contributed by atoms with Crippen molar-refractivity contribution in [3.05, 3.63) is 23.8 Å². The van der Waals surface area contributed by atoms with E-state index in [0.717, 1.165) is 61.0 Å². The zero-order valence-electron chi connectivity index (χ0n) is 16.2. The molecular weight excluding hydrogens is 358 g/mol. The van der Waals surface area contributed by atoms with Gasteiger partial charge >= 0.3 is 0 Å². The fourth-order valence-electron chi connectivity index (χ4n) is 4.07. The van der Waals surface area contributed by atoms with Crippen molar-refractivity contribution in [3.8, 4) is 0 Å². The number of amides is 1. The average Bonchev–Trinajstić information content (AvgIpc) is 3.12. The van der Waals surface area contributed by atoms with Crippen LogP contribution < -0.4 is 4.90 Å². The van der Waals surface area contributed by atoms with E-state index in [2.05, 4.69) is 30.0 Å². The number of aromatic nitrogens is 1. The van der Waals surface area contributed by atoms with Crippen molar-refractivity contribution < 1.29 is 9.53 Å². The molecule has 1 amide bonds. The third-order valence-corrected chi connectivity index (χ3v) is 6.77. The van der Waals surface area contributed by atoms with E-state index in [1.54, 1.807) is 11.3 Å². The molecule has 0 bridgehead atoms. The van der Waals surface area contributed by atoms with E-state index in [9.17, 15) is 4.79 Å². The minimum absolute atomic E-state index is 0.164. The first kappa shape index (κ1) is 18.8. The van der Waals surface area contributed by atoms with E-state index in [1.165, 1.54) is 24.8 Å². The number of morpholine rings is 1. The summed E-state index contributed by atoms with van der Waals surface area (Å²) in [6, 6.07) is 6.32. The van der Waals surface area contributed by atoms with Crippen molar-refractivity contribution in [2.45, 2.75) is 39.0 Å². The monoisotopic (exact) mass is 387 g/mol. The van der Waals surface area contributed by atoms with Crippen LogP contribution in [0, 0.1) is 12.8 Å². The summed E-state index contributed by atoms with van der Waals surface area (Å²) in [4.78, 5) is 22.5. The number of hydrogen-bond acceptors (Lipinski definition) is 5. The molecule has 2 aromatic rings. The molecule has 2 heterocycles. The summed E-state index contributed by atoms with van der Waals surface area (Å²) in [5.41, 5.74) is 2.23. The van der Waals surface area contributed by atoms with Crippen LogP contribution in [0.15, 0.2) is 18.2 Å². The summed E-state index contributed by atoms with van der Waals surface area (Å²) in [7, 11) is 0. The first-order valence-electron chi connectivity index (χ1n) is 10.2. The second-order valence-electron chi connectivity index (χ2n) is 7.75. The van der Waals surface area contributed by atoms with Gasteiger partial charge in [0.05, 0.1) is 23.4 Å². The second-order valence-corrected chi connectivity index (χ2v) is 8.76. The lowest BCUT2D eigenvalue weighted by atomic mass is 9.88. The van der Waals surface area contributed by atoms with E-state index in [4.69, 9.17) is 9.72 Å². The quantitative estimate of drug-likeness (QED) is 0.782. The molecule has 1 aromatic carbocycles. The zero-order chi connectivity index (χ0) is 18.6. The lowest BCUT2D eigenvalue weighted by molar-refractivity contribution is -0.123. The first-order chi connectivity index (χ1) is 13.2. The number of benzene rings is 1. The van der Waals surface area contributed by atoms with Crippen LogP contribution in [0.2, 0.25) is 0 Å². The third kappa shape index (κ3) is 4.50. The molecule has 1 aliphatic carbocycles. The summed E-state index contributed by atoms with van der Waals surface area (Å²) in [5.74, 6) is 0.441. The van der Waals surface area contributed by atoms with E-state index < -0.39 is 0 Å². The van der Waals surface area contributed by atoms with Gasteiger partial charge in [0.2, 0.25) is 5.91 Å². The molecule has 1 saturated carbocycles. The maximum Gasteiger partial charge on any atom is 0.231 e. The number of aryl methyl sites for hydroxylation is 1. The second kappa shape index (κ2) is 8.67. The molecule has 1 aromatic heterocycles. The van der Waals surface area contributed by atoms with Crippen molar-refractivity contribution >= 4 is 32.6 Å². The molecule has 5 nitrogen and oxygen atoms in total. The Bertz CT molecular complexity index is 779. The maximum atomic E-state index is 13.4. The number of nitrogens with zero attached hydrogens (tertiary/aromatic N) is 3.